The number of hydrogen-bond acceptors (Lipinski definition) is 4. The minimum Gasteiger partial charge on any atom is -0.383 e. The standard InChI is InChI=1S/C17H27ClN4O2/c1-24-11-10-21-14-17(3-2-16(21)23)4-6-20(7-5-17)8-9-22-13-15(18)12-19-22/h12-13H,2-11,14H2,1H3. The van der Waals surface area contributed by atoms with Crippen LogP contribution in [-0.4, -0.2) is 71.9 Å². The average Bonchev–Trinajstić information content (AvgIpc) is 3.01. The van der Waals surface area contributed by atoms with Crippen LogP contribution in [0.1, 0.15) is 25.7 Å². The Bertz CT molecular complexity index is 555. The molecule has 1 spiro atoms. The summed E-state index contributed by atoms with van der Waals surface area (Å²) < 4.78 is 7.04. The van der Waals surface area contributed by atoms with Crippen LogP contribution < -0.4 is 0 Å². The van der Waals surface area contributed by atoms with Gasteiger partial charge in [0.05, 0.1) is 24.4 Å². The quantitative estimate of drug-likeness (QED) is 0.782. The topological polar surface area (TPSA) is 50.6 Å². The molecule has 0 aliphatic carbocycles. The van der Waals surface area contributed by atoms with E-state index in [9.17, 15) is 4.79 Å². The van der Waals surface area contributed by atoms with Crippen molar-refractivity contribution in [3.63, 3.8) is 0 Å². The Morgan fingerprint density at radius 2 is 2.04 bits per heavy atom. The first-order chi connectivity index (χ1) is 11.6. The second-order valence-electron chi connectivity index (χ2n) is 7.07. The second-order valence-corrected chi connectivity index (χ2v) is 7.51. The van der Waals surface area contributed by atoms with Crippen molar-refractivity contribution in [2.45, 2.75) is 32.2 Å². The van der Waals surface area contributed by atoms with Gasteiger partial charge in [-0.25, -0.2) is 0 Å². The van der Waals surface area contributed by atoms with Gasteiger partial charge in [0.25, 0.3) is 0 Å². The zero-order chi connectivity index (χ0) is 17.0. The maximum atomic E-state index is 12.1. The van der Waals surface area contributed by atoms with Crippen molar-refractivity contribution < 1.29 is 9.53 Å². The molecule has 1 aromatic rings. The number of piperidine rings is 2. The van der Waals surface area contributed by atoms with Gasteiger partial charge in [-0.05, 0) is 37.8 Å². The van der Waals surface area contributed by atoms with Gasteiger partial charge in [-0.2, -0.15) is 5.10 Å². The first-order valence-corrected chi connectivity index (χ1v) is 9.15. The van der Waals surface area contributed by atoms with Crippen LogP contribution in [0, 0.1) is 5.41 Å². The summed E-state index contributed by atoms with van der Waals surface area (Å²) in [7, 11) is 1.69. The third kappa shape index (κ3) is 4.29. The Kier molecular flexibility index (Phi) is 5.79. The van der Waals surface area contributed by atoms with Crippen LogP contribution >= 0.6 is 11.6 Å². The molecule has 2 saturated heterocycles. The molecule has 6 nitrogen and oxygen atoms in total. The number of amides is 1. The number of hydrogen-bond donors (Lipinski definition) is 0. The highest BCUT2D eigenvalue weighted by Gasteiger charge is 2.40. The third-order valence-electron chi connectivity index (χ3n) is 5.48. The van der Waals surface area contributed by atoms with Crippen LogP contribution in [0.25, 0.3) is 0 Å². The highest BCUT2D eigenvalue weighted by Crippen LogP contribution is 2.40. The molecule has 2 aliphatic rings. The van der Waals surface area contributed by atoms with E-state index in [1.165, 1.54) is 12.8 Å². The fourth-order valence-corrected chi connectivity index (χ4v) is 4.03. The van der Waals surface area contributed by atoms with E-state index in [-0.39, 0.29) is 5.91 Å². The molecule has 0 bridgehead atoms. The number of aromatic nitrogens is 2. The van der Waals surface area contributed by atoms with Crippen LogP contribution in [0.5, 0.6) is 0 Å². The van der Waals surface area contributed by atoms with Crippen molar-refractivity contribution in [3.05, 3.63) is 17.4 Å². The smallest absolute Gasteiger partial charge is 0.222 e. The van der Waals surface area contributed by atoms with E-state index < -0.39 is 0 Å². The van der Waals surface area contributed by atoms with E-state index in [1.807, 2.05) is 15.8 Å². The summed E-state index contributed by atoms with van der Waals surface area (Å²) in [4.78, 5) is 16.6. The average molecular weight is 355 g/mol. The van der Waals surface area contributed by atoms with Crippen LogP contribution in [0.4, 0.5) is 0 Å². The summed E-state index contributed by atoms with van der Waals surface area (Å²) in [5.41, 5.74) is 0.313. The van der Waals surface area contributed by atoms with Gasteiger partial charge in [0.15, 0.2) is 0 Å². The number of nitrogens with zero attached hydrogens (tertiary/aromatic N) is 4. The third-order valence-corrected chi connectivity index (χ3v) is 5.67. The molecule has 3 rings (SSSR count). The lowest BCUT2D eigenvalue weighted by Crippen LogP contribution is -2.52. The van der Waals surface area contributed by atoms with Gasteiger partial charge in [0, 0.05) is 39.4 Å². The van der Waals surface area contributed by atoms with E-state index in [2.05, 4.69) is 10.00 Å². The monoisotopic (exact) mass is 354 g/mol. The Balaban J connectivity index is 1.47. The normalized spacial score (nSPS) is 21.6. The highest BCUT2D eigenvalue weighted by molar-refractivity contribution is 6.30. The Labute approximate surface area is 148 Å². The molecule has 2 aliphatic heterocycles. The summed E-state index contributed by atoms with van der Waals surface area (Å²) in [6, 6.07) is 0. The van der Waals surface area contributed by atoms with Crippen molar-refractivity contribution in [2.24, 2.45) is 5.41 Å². The number of rotatable bonds is 6. The molecule has 0 unspecified atom stereocenters. The predicted molar refractivity (Wildman–Crippen MR) is 93.0 cm³/mol. The van der Waals surface area contributed by atoms with Gasteiger partial charge in [-0.15, -0.1) is 0 Å². The molecular formula is C17H27ClN4O2. The number of ether oxygens (including phenoxy) is 1. The molecule has 2 fully saturated rings. The Morgan fingerprint density at radius 3 is 2.71 bits per heavy atom. The predicted octanol–water partition coefficient (Wildman–Crippen LogP) is 1.89. The van der Waals surface area contributed by atoms with Gasteiger partial charge in [-0.3, -0.25) is 9.48 Å². The molecule has 134 valence electrons. The Hall–Kier alpha value is -1.11. The van der Waals surface area contributed by atoms with Crippen molar-refractivity contribution in [1.29, 1.82) is 0 Å². The molecule has 0 atom stereocenters. The van der Waals surface area contributed by atoms with E-state index >= 15 is 0 Å². The lowest BCUT2D eigenvalue weighted by Gasteiger charge is -2.47. The molecule has 24 heavy (non-hydrogen) atoms. The number of methoxy groups -OCH3 is 1. The molecule has 1 amide bonds. The fraction of sp³-hybridized carbons (Fsp3) is 0.765. The zero-order valence-corrected chi connectivity index (χ0v) is 15.2. The van der Waals surface area contributed by atoms with Gasteiger partial charge < -0.3 is 14.5 Å². The van der Waals surface area contributed by atoms with E-state index in [0.29, 0.717) is 23.5 Å². The first kappa shape index (κ1) is 17.7. The number of likely N-dealkylation sites (tertiary alicyclic amines) is 2. The zero-order valence-electron chi connectivity index (χ0n) is 14.4. The maximum Gasteiger partial charge on any atom is 0.222 e. The fourth-order valence-electron chi connectivity index (χ4n) is 3.87. The molecule has 7 heteroatoms. The van der Waals surface area contributed by atoms with E-state index in [4.69, 9.17) is 16.3 Å². The van der Waals surface area contributed by atoms with Gasteiger partial charge in [-0.1, -0.05) is 11.6 Å². The lowest BCUT2D eigenvalue weighted by atomic mass is 9.72. The molecule has 0 radical (unpaired) electrons. The minimum absolute atomic E-state index is 0.288. The summed E-state index contributed by atoms with van der Waals surface area (Å²) >= 11 is 5.90. The summed E-state index contributed by atoms with van der Waals surface area (Å²) in [6.45, 7) is 6.32. The van der Waals surface area contributed by atoms with Crippen LogP contribution in [0.15, 0.2) is 12.4 Å². The van der Waals surface area contributed by atoms with E-state index in [1.54, 1.807) is 13.3 Å². The summed E-state index contributed by atoms with van der Waals surface area (Å²) in [5, 5.41) is 4.92. The van der Waals surface area contributed by atoms with Gasteiger partial charge in [0.1, 0.15) is 0 Å². The van der Waals surface area contributed by atoms with Crippen LogP contribution in [0.3, 0.4) is 0 Å². The highest BCUT2D eigenvalue weighted by atomic mass is 35.5. The van der Waals surface area contributed by atoms with Crippen molar-refractivity contribution >= 4 is 17.5 Å². The first-order valence-electron chi connectivity index (χ1n) is 8.77. The summed E-state index contributed by atoms with van der Waals surface area (Å²) in [6.07, 6.45) is 7.62. The molecule has 0 N–H and O–H groups in total. The van der Waals surface area contributed by atoms with Crippen molar-refractivity contribution in [3.8, 4) is 0 Å². The second kappa shape index (κ2) is 7.85. The van der Waals surface area contributed by atoms with Crippen LogP contribution in [0.2, 0.25) is 5.02 Å². The SMILES string of the molecule is COCCN1CC2(CCC1=O)CCN(CCn1cc(Cl)cn1)CC2. The van der Waals surface area contributed by atoms with Crippen LogP contribution in [-0.2, 0) is 16.1 Å². The minimum atomic E-state index is 0.288. The largest absolute Gasteiger partial charge is 0.383 e. The Morgan fingerprint density at radius 1 is 1.25 bits per heavy atom. The number of halogens is 1. The maximum absolute atomic E-state index is 12.1. The number of carbonyl (C=O) groups is 1. The van der Waals surface area contributed by atoms with Crippen molar-refractivity contribution in [2.75, 3.05) is 46.4 Å². The molecule has 0 saturated carbocycles. The molecule has 0 aromatic carbocycles. The lowest BCUT2D eigenvalue weighted by molar-refractivity contribution is -0.139. The van der Waals surface area contributed by atoms with E-state index in [0.717, 1.165) is 45.7 Å². The van der Waals surface area contributed by atoms with Gasteiger partial charge >= 0.3 is 0 Å². The van der Waals surface area contributed by atoms with Crippen molar-refractivity contribution in [1.82, 2.24) is 19.6 Å². The molecule has 3 heterocycles. The molecule has 1 aromatic heterocycles. The van der Waals surface area contributed by atoms with Gasteiger partial charge in [0.2, 0.25) is 5.91 Å². The molecular weight excluding hydrogens is 328 g/mol. The summed E-state index contributed by atoms with van der Waals surface area (Å²) in [5.74, 6) is 0.288. The number of carbonyl (C=O) groups excluding carboxylic acids is 1.